The molecule has 1 heterocycles. The fourth-order valence-corrected chi connectivity index (χ4v) is 3.83. The number of ether oxygens (including phenoxy) is 1. The van der Waals surface area contributed by atoms with Crippen molar-refractivity contribution in [1.82, 2.24) is 0 Å². The molecule has 3 rings (SSSR count). The van der Waals surface area contributed by atoms with E-state index in [9.17, 15) is 19.7 Å². The summed E-state index contributed by atoms with van der Waals surface area (Å²) in [5, 5.41) is 18.7. The predicted molar refractivity (Wildman–Crippen MR) is 116 cm³/mol. The average molecular weight is 446 g/mol. The van der Waals surface area contributed by atoms with E-state index in [1.165, 1.54) is 18.2 Å². The van der Waals surface area contributed by atoms with Crippen molar-refractivity contribution in [3.8, 4) is 11.1 Å². The number of nitro groups is 1. The molecule has 2 N–H and O–H groups in total. The Bertz CT molecular complexity index is 1120. The average Bonchev–Trinajstić information content (AvgIpc) is 3.11. The first-order valence-corrected chi connectivity index (χ1v) is 10.0. The molecule has 1 aromatic heterocycles. The molecular weight excluding hydrogens is 430 g/mol. The number of anilines is 2. The number of halogens is 1. The second-order valence-corrected chi connectivity index (χ2v) is 7.29. The van der Waals surface area contributed by atoms with Crippen LogP contribution in [-0.4, -0.2) is 23.5 Å². The summed E-state index contributed by atoms with van der Waals surface area (Å²) in [5.74, 6) is -0.640. The topological polar surface area (TPSA) is 111 Å². The molecule has 0 aliphatic carbocycles. The number of non-ortho nitro benzene ring substituents is 1. The summed E-state index contributed by atoms with van der Waals surface area (Å²) in [6, 6.07) is 11.9. The van der Waals surface area contributed by atoms with E-state index < -0.39 is 16.9 Å². The van der Waals surface area contributed by atoms with Crippen LogP contribution in [0.5, 0.6) is 0 Å². The number of urea groups is 1. The first kappa shape index (κ1) is 21.3. The summed E-state index contributed by atoms with van der Waals surface area (Å²) in [5.41, 5.74) is 1.39. The molecule has 30 heavy (non-hydrogen) atoms. The van der Waals surface area contributed by atoms with Gasteiger partial charge in [-0.25, -0.2) is 9.59 Å². The summed E-state index contributed by atoms with van der Waals surface area (Å²) in [4.78, 5) is 35.6. The van der Waals surface area contributed by atoms with Gasteiger partial charge in [-0.1, -0.05) is 29.8 Å². The largest absolute Gasteiger partial charge is 0.462 e. The number of amides is 2. The first-order chi connectivity index (χ1) is 14.4. The Kier molecular flexibility index (Phi) is 6.65. The van der Waals surface area contributed by atoms with Crippen LogP contribution in [0.15, 0.2) is 53.9 Å². The van der Waals surface area contributed by atoms with Crippen molar-refractivity contribution in [2.24, 2.45) is 0 Å². The Labute approximate surface area is 180 Å². The van der Waals surface area contributed by atoms with Gasteiger partial charge in [-0.2, -0.15) is 0 Å². The van der Waals surface area contributed by atoms with Gasteiger partial charge in [0.25, 0.3) is 5.69 Å². The number of nitrogens with zero attached hydrogens (tertiary/aromatic N) is 1. The van der Waals surface area contributed by atoms with E-state index in [-0.39, 0.29) is 22.9 Å². The Morgan fingerprint density at radius 3 is 2.63 bits per heavy atom. The second-order valence-electron chi connectivity index (χ2n) is 5.97. The lowest BCUT2D eigenvalue weighted by atomic mass is 10.0. The molecule has 0 radical (unpaired) electrons. The smallest absolute Gasteiger partial charge is 0.341 e. The van der Waals surface area contributed by atoms with Crippen molar-refractivity contribution < 1.29 is 19.2 Å². The number of nitrogens with one attached hydrogen (secondary N) is 2. The van der Waals surface area contributed by atoms with Gasteiger partial charge in [0.1, 0.15) is 10.6 Å². The lowest BCUT2D eigenvalue weighted by Gasteiger charge is -2.10. The molecule has 0 atom stereocenters. The summed E-state index contributed by atoms with van der Waals surface area (Å²) in [6.07, 6.45) is 0. The molecule has 10 heteroatoms. The number of hydrogen-bond donors (Lipinski definition) is 2. The molecule has 8 nitrogen and oxygen atoms in total. The van der Waals surface area contributed by atoms with Gasteiger partial charge in [-0.05, 0) is 30.7 Å². The van der Waals surface area contributed by atoms with E-state index in [1.807, 2.05) is 0 Å². The minimum atomic E-state index is -0.640. The van der Waals surface area contributed by atoms with Crippen LogP contribution in [-0.2, 0) is 4.74 Å². The summed E-state index contributed by atoms with van der Waals surface area (Å²) in [6.45, 7) is 1.80. The third-order valence-corrected chi connectivity index (χ3v) is 5.08. The third kappa shape index (κ3) is 4.94. The Morgan fingerprint density at radius 1 is 1.17 bits per heavy atom. The highest BCUT2D eigenvalue weighted by molar-refractivity contribution is 7.15. The Balaban J connectivity index is 1.93. The molecule has 2 amide bonds. The fraction of sp³-hybridized carbons (Fsp3) is 0.100. The number of esters is 1. The quantitative estimate of drug-likeness (QED) is 0.283. The van der Waals surface area contributed by atoms with Crippen LogP contribution in [0, 0.1) is 10.1 Å². The van der Waals surface area contributed by atoms with Gasteiger partial charge in [0, 0.05) is 33.8 Å². The van der Waals surface area contributed by atoms with E-state index >= 15 is 0 Å². The van der Waals surface area contributed by atoms with Crippen LogP contribution in [0.1, 0.15) is 17.3 Å². The second kappa shape index (κ2) is 9.38. The van der Waals surface area contributed by atoms with Crippen LogP contribution >= 0.6 is 22.9 Å². The van der Waals surface area contributed by atoms with Crippen molar-refractivity contribution in [3.05, 3.63) is 74.6 Å². The number of rotatable bonds is 6. The highest BCUT2D eigenvalue weighted by atomic mass is 35.5. The van der Waals surface area contributed by atoms with Crippen LogP contribution in [0.25, 0.3) is 11.1 Å². The minimum absolute atomic E-state index is 0.110. The molecule has 0 saturated heterocycles. The van der Waals surface area contributed by atoms with Crippen molar-refractivity contribution >= 4 is 51.3 Å². The van der Waals surface area contributed by atoms with E-state index in [2.05, 4.69) is 10.6 Å². The molecule has 0 aliphatic rings. The zero-order valence-corrected chi connectivity index (χ0v) is 17.3. The maximum atomic E-state index is 12.6. The molecule has 0 bridgehead atoms. The van der Waals surface area contributed by atoms with Crippen molar-refractivity contribution in [2.45, 2.75) is 6.92 Å². The molecule has 0 spiro atoms. The van der Waals surface area contributed by atoms with Gasteiger partial charge < -0.3 is 10.1 Å². The van der Waals surface area contributed by atoms with Gasteiger partial charge in [0.05, 0.1) is 11.5 Å². The van der Waals surface area contributed by atoms with Gasteiger partial charge in [0.2, 0.25) is 0 Å². The van der Waals surface area contributed by atoms with Crippen LogP contribution in [0.3, 0.4) is 0 Å². The minimum Gasteiger partial charge on any atom is -0.462 e. The van der Waals surface area contributed by atoms with E-state index in [1.54, 1.807) is 42.6 Å². The monoisotopic (exact) mass is 445 g/mol. The molecule has 0 saturated carbocycles. The number of benzene rings is 2. The molecule has 0 fully saturated rings. The van der Waals surface area contributed by atoms with Crippen molar-refractivity contribution in [3.63, 3.8) is 0 Å². The zero-order valence-electron chi connectivity index (χ0n) is 15.7. The Morgan fingerprint density at radius 2 is 1.93 bits per heavy atom. The van der Waals surface area contributed by atoms with Gasteiger partial charge in [-0.3, -0.25) is 15.4 Å². The number of hydrogen-bond acceptors (Lipinski definition) is 6. The first-order valence-electron chi connectivity index (χ1n) is 8.76. The normalized spacial score (nSPS) is 10.3. The van der Waals surface area contributed by atoms with Crippen molar-refractivity contribution in [1.29, 1.82) is 0 Å². The summed E-state index contributed by atoms with van der Waals surface area (Å²) >= 11 is 7.03. The molecule has 0 aliphatic heterocycles. The summed E-state index contributed by atoms with van der Waals surface area (Å²) < 4.78 is 5.13. The van der Waals surface area contributed by atoms with Crippen molar-refractivity contribution in [2.75, 3.05) is 17.2 Å². The molecule has 0 unspecified atom stereocenters. The van der Waals surface area contributed by atoms with Gasteiger partial charge in [-0.15, -0.1) is 11.3 Å². The number of carbonyl (C=O) groups is 2. The highest BCUT2D eigenvalue weighted by Crippen LogP contribution is 2.37. The van der Waals surface area contributed by atoms with E-state index in [4.69, 9.17) is 16.3 Å². The zero-order chi connectivity index (χ0) is 21.7. The predicted octanol–water partition coefficient (Wildman–Crippen LogP) is 5.80. The van der Waals surface area contributed by atoms with Crippen LogP contribution in [0.4, 0.5) is 21.2 Å². The Hall–Kier alpha value is -3.43. The maximum absolute atomic E-state index is 12.6. The van der Waals surface area contributed by atoms with Crippen LogP contribution in [0.2, 0.25) is 5.02 Å². The molecular formula is C20H16ClN3O5S. The number of carbonyl (C=O) groups excluding carboxylic acids is 2. The van der Waals surface area contributed by atoms with Crippen LogP contribution < -0.4 is 10.6 Å². The van der Waals surface area contributed by atoms with Gasteiger partial charge >= 0.3 is 12.0 Å². The lowest BCUT2D eigenvalue weighted by Crippen LogP contribution is -2.20. The van der Waals surface area contributed by atoms with E-state index in [0.29, 0.717) is 21.8 Å². The SMILES string of the molecule is CCOC(=O)c1c(-c2cccc([N+](=O)[O-])c2)csc1NC(=O)Nc1cccc(Cl)c1. The summed E-state index contributed by atoms with van der Waals surface area (Å²) in [7, 11) is 0. The highest BCUT2D eigenvalue weighted by Gasteiger charge is 2.23. The van der Waals surface area contributed by atoms with E-state index in [0.717, 1.165) is 11.3 Å². The number of nitro benzene ring substituents is 1. The third-order valence-electron chi connectivity index (χ3n) is 3.95. The van der Waals surface area contributed by atoms with Gasteiger partial charge in [0.15, 0.2) is 0 Å². The lowest BCUT2D eigenvalue weighted by molar-refractivity contribution is -0.384. The maximum Gasteiger partial charge on any atom is 0.341 e. The fourth-order valence-electron chi connectivity index (χ4n) is 2.69. The molecule has 2 aromatic carbocycles. The standard InChI is InChI=1S/C20H16ClN3O5S/c1-2-29-19(25)17-16(12-5-3-8-15(9-12)24(27)28)11-30-18(17)23-20(26)22-14-7-4-6-13(21)10-14/h3-11H,2H2,1H3,(H2,22,23,26). The number of thiophene rings is 1. The molecule has 3 aromatic rings. The molecule has 154 valence electrons.